The van der Waals surface area contributed by atoms with Crippen LogP contribution in [0.25, 0.3) is 0 Å². The molecule has 0 amide bonds. The predicted molar refractivity (Wildman–Crippen MR) is 77.7 cm³/mol. The molecule has 2 aromatic carbocycles. The molecule has 0 unspecified atom stereocenters. The highest BCUT2D eigenvalue weighted by Gasteiger charge is 2.04. The molecule has 3 nitrogen and oxygen atoms in total. The van der Waals surface area contributed by atoms with Gasteiger partial charge in [-0.3, -0.25) is 0 Å². The summed E-state index contributed by atoms with van der Waals surface area (Å²) in [6.07, 6.45) is 1.98. The molecule has 3 heteroatoms. The molecule has 0 radical (unpaired) electrons. The van der Waals surface area contributed by atoms with E-state index in [1.807, 2.05) is 18.2 Å². The van der Waals surface area contributed by atoms with Crippen molar-refractivity contribution in [3.05, 3.63) is 54.1 Å². The number of hydrogen-bond donors (Lipinski definition) is 1. The van der Waals surface area contributed by atoms with Gasteiger partial charge in [0.25, 0.3) is 0 Å². The van der Waals surface area contributed by atoms with E-state index in [1.54, 1.807) is 13.2 Å². The summed E-state index contributed by atoms with van der Waals surface area (Å²) in [5, 5.41) is 0. The van der Waals surface area contributed by atoms with Gasteiger partial charge in [-0.1, -0.05) is 30.3 Å². The van der Waals surface area contributed by atoms with Gasteiger partial charge in [-0.2, -0.15) is 0 Å². The normalized spacial score (nSPS) is 10.2. The zero-order valence-corrected chi connectivity index (χ0v) is 11.1. The van der Waals surface area contributed by atoms with Gasteiger partial charge in [0, 0.05) is 11.8 Å². The van der Waals surface area contributed by atoms with E-state index < -0.39 is 0 Å². The van der Waals surface area contributed by atoms with Crippen LogP contribution in [-0.2, 0) is 6.42 Å². The number of ether oxygens (including phenoxy) is 2. The molecule has 0 bridgehead atoms. The van der Waals surface area contributed by atoms with Crippen molar-refractivity contribution in [1.82, 2.24) is 0 Å². The summed E-state index contributed by atoms with van der Waals surface area (Å²) in [6, 6.07) is 15.8. The first-order valence-corrected chi connectivity index (χ1v) is 6.40. The molecular formula is C16H19NO2. The third-order valence-corrected chi connectivity index (χ3v) is 2.90. The third-order valence-electron chi connectivity index (χ3n) is 2.90. The number of benzene rings is 2. The lowest BCUT2D eigenvalue weighted by atomic mass is 10.1. The Balaban J connectivity index is 1.83. The maximum atomic E-state index is 5.72. The van der Waals surface area contributed by atoms with Crippen LogP contribution in [0.5, 0.6) is 11.5 Å². The van der Waals surface area contributed by atoms with E-state index in [0.29, 0.717) is 18.0 Å². The number of nitrogen functional groups attached to an aromatic ring is 1. The largest absolute Gasteiger partial charge is 0.493 e. The van der Waals surface area contributed by atoms with Gasteiger partial charge in [-0.25, -0.2) is 0 Å². The van der Waals surface area contributed by atoms with Crippen LogP contribution in [0.4, 0.5) is 5.69 Å². The fourth-order valence-corrected chi connectivity index (χ4v) is 1.91. The van der Waals surface area contributed by atoms with Crippen molar-refractivity contribution in [2.24, 2.45) is 0 Å². The molecule has 0 aliphatic rings. The highest BCUT2D eigenvalue weighted by Crippen LogP contribution is 2.29. The van der Waals surface area contributed by atoms with E-state index >= 15 is 0 Å². The zero-order chi connectivity index (χ0) is 13.5. The lowest BCUT2D eigenvalue weighted by Gasteiger charge is -2.11. The summed E-state index contributed by atoms with van der Waals surface area (Å²) < 4.78 is 11.0. The lowest BCUT2D eigenvalue weighted by molar-refractivity contribution is 0.289. The average molecular weight is 257 g/mol. The minimum Gasteiger partial charge on any atom is -0.493 e. The van der Waals surface area contributed by atoms with E-state index in [0.717, 1.165) is 18.6 Å². The molecule has 0 fully saturated rings. The molecule has 0 aliphatic heterocycles. The fraction of sp³-hybridized carbons (Fsp3) is 0.250. The van der Waals surface area contributed by atoms with Crippen LogP contribution in [0.3, 0.4) is 0 Å². The molecule has 0 heterocycles. The Hall–Kier alpha value is -2.16. The number of aryl methyl sites for hydroxylation is 1. The van der Waals surface area contributed by atoms with Gasteiger partial charge >= 0.3 is 0 Å². The number of nitrogens with two attached hydrogens (primary N) is 1. The maximum Gasteiger partial charge on any atom is 0.162 e. The van der Waals surface area contributed by atoms with Crippen molar-refractivity contribution in [2.75, 3.05) is 19.5 Å². The monoisotopic (exact) mass is 257 g/mol. The van der Waals surface area contributed by atoms with Crippen LogP contribution in [0.1, 0.15) is 12.0 Å². The molecule has 19 heavy (non-hydrogen) atoms. The van der Waals surface area contributed by atoms with Gasteiger partial charge in [0.05, 0.1) is 13.7 Å². The molecule has 0 atom stereocenters. The first kappa shape index (κ1) is 13.3. The molecule has 0 aliphatic carbocycles. The topological polar surface area (TPSA) is 44.5 Å². The van der Waals surface area contributed by atoms with E-state index in [4.69, 9.17) is 15.2 Å². The summed E-state index contributed by atoms with van der Waals surface area (Å²) >= 11 is 0. The second-order valence-corrected chi connectivity index (χ2v) is 4.35. The Morgan fingerprint density at radius 3 is 2.53 bits per heavy atom. The van der Waals surface area contributed by atoms with Gasteiger partial charge in [-0.05, 0) is 30.5 Å². The van der Waals surface area contributed by atoms with Gasteiger partial charge < -0.3 is 15.2 Å². The van der Waals surface area contributed by atoms with E-state index in [1.165, 1.54) is 5.56 Å². The van der Waals surface area contributed by atoms with Crippen LogP contribution in [0, 0.1) is 0 Å². The summed E-state index contributed by atoms with van der Waals surface area (Å²) in [6.45, 7) is 0.662. The molecule has 0 saturated heterocycles. The van der Waals surface area contributed by atoms with Crippen molar-refractivity contribution in [3.63, 3.8) is 0 Å². The second-order valence-electron chi connectivity index (χ2n) is 4.35. The van der Waals surface area contributed by atoms with Crippen molar-refractivity contribution >= 4 is 5.69 Å². The Bertz CT molecular complexity index is 511. The molecule has 2 N–H and O–H groups in total. The fourth-order valence-electron chi connectivity index (χ4n) is 1.91. The van der Waals surface area contributed by atoms with Gasteiger partial charge in [0.2, 0.25) is 0 Å². The molecule has 100 valence electrons. The van der Waals surface area contributed by atoms with E-state index in [2.05, 4.69) is 24.3 Å². The van der Waals surface area contributed by atoms with Crippen molar-refractivity contribution in [2.45, 2.75) is 12.8 Å². The third kappa shape index (κ3) is 3.91. The minimum absolute atomic E-state index is 0.662. The quantitative estimate of drug-likeness (QED) is 0.638. The Labute approximate surface area is 114 Å². The molecule has 0 saturated carbocycles. The van der Waals surface area contributed by atoms with Crippen LogP contribution in [0.15, 0.2) is 48.5 Å². The molecular weight excluding hydrogens is 238 g/mol. The second kappa shape index (κ2) is 6.69. The predicted octanol–water partition coefficient (Wildman–Crippen LogP) is 3.29. The average Bonchev–Trinajstić information content (AvgIpc) is 2.46. The van der Waals surface area contributed by atoms with Crippen LogP contribution < -0.4 is 15.2 Å². The first-order valence-electron chi connectivity index (χ1n) is 6.40. The number of methoxy groups -OCH3 is 1. The molecule has 2 aromatic rings. The first-order chi connectivity index (χ1) is 9.29. The molecule has 0 spiro atoms. The minimum atomic E-state index is 0.662. The SMILES string of the molecule is COc1cc(N)ccc1OCCCc1ccccc1. The Kier molecular flexibility index (Phi) is 4.67. The van der Waals surface area contributed by atoms with Crippen molar-refractivity contribution < 1.29 is 9.47 Å². The van der Waals surface area contributed by atoms with Gasteiger partial charge in [0.15, 0.2) is 11.5 Å². The molecule has 2 rings (SSSR count). The van der Waals surface area contributed by atoms with Crippen LogP contribution in [-0.4, -0.2) is 13.7 Å². The van der Waals surface area contributed by atoms with Gasteiger partial charge in [0.1, 0.15) is 0 Å². The number of anilines is 1. The summed E-state index contributed by atoms with van der Waals surface area (Å²) in [5.74, 6) is 1.42. The molecule has 0 aromatic heterocycles. The summed E-state index contributed by atoms with van der Waals surface area (Å²) in [7, 11) is 1.62. The number of hydrogen-bond acceptors (Lipinski definition) is 3. The highest BCUT2D eigenvalue weighted by molar-refractivity contribution is 5.51. The standard InChI is InChI=1S/C16H19NO2/c1-18-16-12-14(17)9-10-15(16)19-11-5-8-13-6-3-2-4-7-13/h2-4,6-7,9-10,12H,5,8,11,17H2,1H3. The number of rotatable bonds is 6. The van der Waals surface area contributed by atoms with Crippen LogP contribution >= 0.6 is 0 Å². The highest BCUT2D eigenvalue weighted by atomic mass is 16.5. The van der Waals surface area contributed by atoms with E-state index in [-0.39, 0.29) is 0 Å². The van der Waals surface area contributed by atoms with Gasteiger partial charge in [-0.15, -0.1) is 0 Å². The maximum absolute atomic E-state index is 5.72. The van der Waals surface area contributed by atoms with Crippen LogP contribution in [0.2, 0.25) is 0 Å². The van der Waals surface area contributed by atoms with Crippen molar-refractivity contribution in [1.29, 1.82) is 0 Å². The summed E-state index contributed by atoms with van der Waals surface area (Å²) in [5.41, 5.74) is 7.70. The zero-order valence-electron chi connectivity index (χ0n) is 11.1. The lowest BCUT2D eigenvalue weighted by Crippen LogP contribution is -2.01. The Morgan fingerprint density at radius 2 is 1.79 bits per heavy atom. The summed E-state index contributed by atoms with van der Waals surface area (Å²) in [4.78, 5) is 0. The van der Waals surface area contributed by atoms with E-state index in [9.17, 15) is 0 Å². The Morgan fingerprint density at radius 1 is 1.00 bits per heavy atom. The van der Waals surface area contributed by atoms with Crippen molar-refractivity contribution in [3.8, 4) is 11.5 Å². The smallest absolute Gasteiger partial charge is 0.162 e.